The largest absolute Gasteiger partial charge is 0.504 e. The summed E-state index contributed by atoms with van der Waals surface area (Å²) in [5.74, 6) is 0.0445. The van der Waals surface area contributed by atoms with Crippen LogP contribution in [-0.2, 0) is 0 Å². The van der Waals surface area contributed by atoms with Crippen molar-refractivity contribution >= 4 is 45.1 Å². The van der Waals surface area contributed by atoms with Crippen molar-refractivity contribution < 1.29 is 14.6 Å². The van der Waals surface area contributed by atoms with Crippen molar-refractivity contribution in [3.8, 4) is 11.5 Å². The minimum Gasteiger partial charge on any atom is -0.504 e. The van der Waals surface area contributed by atoms with Gasteiger partial charge in [0.2, 0.25) is 0 Å². The Hall–Kier alpha value is -2.57. The lowest BCUT2D eigenvalue weighted by Gasteiger charge is -2.05. The SMILES string of the molecule is CCOc1ccc(C=NNC(=O)c2sc3ccccc3c2Cl)cc1O. The molecule has 3 aromatic rings. The number of carbonyl (C=O) groups excluding carboxylic acids is 1. The summed E-state index contributed by atoms with van der Waals surface area (Å²) in [5, 5.41) is 15.0. The smallest absolute Gasteiger partial charge is 0.283 e. The first-order valence-electron chi connectivity index (χ1n) is 7.56. The van der Waals surface area contributed by atoms with Gasteiger partial charge in [-0.25, -0.2) is 5.43 Å². The van der Waals surface area contributed by atoms with E-state index in [2.05, 4.69) is 10.5 Å². The molecule has 2 aromatic carbocycles. The molecule has 0 aliphatic heterocycles. The number of phenols is 1. The van der Waals surface area contributed by atoms with Crippen LogP contribution in [0.1, 0.15) is 22.2 Å². The van der Waals surface area contributed by atoms with Crippen LogP contribution < -0.4 is 10.2 Å². The zero-order chi connectivity index (χ0) is 17.8. The summed E-state index contributed by atoms with van der Waals surface area (Å²) in [5.41, 5.74) is 3.08. The summed E-state index contributed by atoms with van der Waals surface area (Å²) >= 11 is 7.58. The second-order valence-electron chi connectivity index (χ2n) is 5.10. The zero-order valence-corrected chi connectivity index (χ0v) is 14.9. The summed E-state index contributed by atoms with van der Waals surface area (Å²) in [7, 11) is 0. The van der Waals surface area contributed by atoms with E-state index in [1.165, 1.54) is 23.6 Å². The average molecular weight is 375 g/mol. The topological polar surface area (TPSA) is 70.9 Å². The van der Waals surface area contributed by atoms with Crippen LogP contribution in [0.3, 0.4) is 0 Å². The maximum atomic E-state index is 12.3. The predicted molar refractivity (Wildman–Crippen MR) is 101 cm³/mol. The van der Waals surface area contributed by atoms with Crippen molar-refractivity contribution in [2.24, 2.45) is 5.10 Å². The van der Waals surface area contributed by atoms with Crippen LogP contribution in [0.5, 0.6) is 11.5 Å². The van der Waals surface area contributed by atoms with E-state index >= 15 is 0 Å². The first-order valence-corrected chi connectivity index (χ1v) is 8.76. The summed E-state index contributed by atoms with van der Waals surface area (Å²) in [4.78, 5) is 12.7. The van der Waals surface area contributed by atoms with Crippen molar-refractivity contribution in [3.05, 3.63) is 57.9 Å². The van der Waals surface area contributed by atoms with Gasteiger partial charge in [0.05, 0.1) is 17.8 Å². The molecule has 0 radical (unpaired) electrons. The first kappa shape index (κ1) is 17.3. The highest BCUT2D eigenvalue weighted by Gasteiger charge is 2.16. The number of ether oxygens (including phenoxy) is 1. The molecule has 0 saturated carbocycles. The number of carbonyl (C=O) groups is 1. The van der Waals surface area contributed by atoms with Crippen molar-refractivity contribution in [1.82, 2.24) is 5.43 Å². The van der Waals surface area contributed by atoms with E-state index in [1.54, 1.807) is 12.1 Å². The van der Waals surface area contributed by atoms with Crippen LogP contribution >= 0.6 is 22.9 Å². The number of benzene rings is 2. The van der Waals surface area contributed by atoms with Crippen LogP contribution in [-0.4, -0.2) is 23.8 Å². The molecule has 0 aliphatic rings. The number of nitrogens with zero attached hydrogens (tertiary/aromatic N) is 1. The van der Waals surface area contributed by atoms with E-state index in [1.807, 2.05) is 31.2 Å². The third-order valence-corrected chi connectivity index (χ3v) is 5.08. The fraction of sp³-hybridized carbons (Fsp3) is 0.111. The molecular weight excluding hydrogens is 360 g/mol. The molecule has 1 amide bonds. The number of amides is 1. The van der Waals surface area contributed by atoms with Crippen LogP contribution in [0, 0.1) is 0 Å². The Morgan fingerprint density at radius 2 is 2.16 bits per heavy atom. The lowest BCUT2D eigenvalue weighted by Crippen LogP contribution is -2.16. The second-order valence-corrected chi connectivity index (χ2v) is 6.53. The Morgan fingerprint density at radius 3 is 2.88 bits per heavy atom. The Labute approximate surface area is 153 Å². The Bertz CT molecular complexity index is 953. The highest BCUT2D eigenvalue weighted by atomic mass is 35.5. The van der Waals surface area contributed by atoms with Gasteiger partial charge in [-0.2, -0.15) is 5.10 Å². The molecule has 25 heavy (non-hydrogen) atoms. The molecule has 0 unspecified atom stereocenters. The van der Waals surface area contributed by atoms with Crippen LogP contribution in [0.25, 0.3) is 10.1 Å². The van der Waals surface area contributed by atoms with Gasteiger partial charge in [-0.05, 0) is 36.8 Å². The average Bonchev–Trinajstić information content (AvgIpc) is 2.95. The fourth-order valence-corrected chi connectivity index (χ4v) is 3.68. The molecule has 0 fully saturated rings. The van der Waals surface area contributed by atoms with Crippen LogP contribution in [0.15, 0.2) is 47.6 Å². The third kappa shape index (κ3) is 3.75. The molecule has 0 saturated heterocycles. The molecule has 3 rings (SSSR count). The first-order chi connectivity index (χ1) is 12.1. The van der Waals surface area contributed by atoms with Crippen molar-refractivity contribution in [2.45, 2.75) is 6.92 Å². The lowest BCUT2D eigenvalue weighted by molar-refractivity contribution is 0.0959. The lowest BCUT2D eigenvalue weighted by atomic mass is 10.2. The van der Waals surface area contributed by atoms with Gasteiger partial charge in [0.1, 0.15) is 4.88 Å². The van der Waals surface area contributed by atoms with Gasteiger partial charge in [-0.3, -0.25) is 4.79 Å². The van der Waals surface area contributed by atoms with E-state index in [-0.39, 0.29) is 11.7 Å². The minimum atomic E-state index is -0.377. The molecule has 1 aromatic heterocycles. The molecule has 0 atom stereocenters. The molecule has 2 N–H and O–H groups in total. The predicted octanol–water partition coefficient (Wildman–Crippen LogP) is 4.42. The number of hydrogen-bond acceptors (Lipinski definition) is 5. The Kier molecular flexibility index (Phi) is 5.21. The van der Waals surface area contributed by atoms with Gasteiger partial charge in [-0.15, -0.1) is 11.3 Å². The number of thiophene rings is 1. The fourth-order valence-electron chi connectivity index (χ4n) is 2.27. The molecule has 128 valence electrons. The van der Waals surface area contributed by atoms with Gasteiger partial charge < -0.3 is 9.84 Å². The second kappa shape index (κ2) is 7.55. The highest BCUT2D eigenvalue weighted by Crippen LogP contribution is 2.35. The normalized spacial score (nSPS) is 11.1. The van der Waals surface area contributed by atoms with Crippen LogP contribution in [0.4, 0.5) is 0 Å². The van der Waals surface area contributed by atoms with E-state index in [4.69, 9.17) is 16.3 Å². The van der Waals surface area contributed by atoms with E-state index in [0.29, 0.717) is 27.8 Å². The molecule has 0 bridgehead atoms. The van der Waals surface area contributed by atoms with Crippen molar-refractivity contribution in [2.75, 3.05) is 6.61 Å². The monoisotopic (exact) mass is 374 g/mol. The Morgan fingerprint density at radius 1 is 1.36 bits per heavy atom. The summed E-state index contributed by atoms with van der Waals surface area (Å²) in [6.07, 6.45) is 1.44. The zero-order valence-electron chi connectivity index (χ0n) is 13.3. The molecule has 7 heteroatoms. The van der Waals surface area contributed by atoms with Gasteiger partial charge >= 0.3 is 0 Å². The quantitative estimate of drug-likeness (QED) is 0.513. The number of hydrazone groups is 1. The molecular formula is C18H15ClN2O3S. The van der Waals surface area contributed by atoms with Gasteiger partial charge in [0.25, 0.3) is 5.91 Å². The maximum absolute atomic E-state index is 12.3. The summed E-state index contributed by atoms with van der Waals surface area (Å²) in [6, 6.07) is 12.4. The Balaban J connectivity index is 1.72. The minimum absolute atomic E-state index is 0.0182. The van der Waals surface area contributed by atoms with Gasteiger partial charge in [-0.1, -0.05) is 29.8 Å². The van der Waals surface area contributed by atoms with E-state index < -0.39 is 0 Å². The number of rotatable bonds is 5. The summed E-state index contributed by atoms with van der Waals surface area (Å²) in [6.45, 7) is 2.30. The van der Waals surface area contributed by atoms with Gasteiger partial charge in [0.15, 0.2) is 11.5 Å². The number of fused-ring (bicyclic) bond motifs is 1. The van der Waals surface area contributed by atoms with Crippen LogP contribution in [0.2, 0.25) is 5.02 Å². The van der Waals surface area contributed by atoms with E-state index in [9.17, 15) is 9.90 Å². The van der Waals surface area contributed by atoms with Gasteiger partial charge in [0, 0.05) is 10.1 Å². The molecule has 0 spiro atoms. The number of aromatic hydroxyl groups is 1. The number of nitrogens with one attached hydrogen (secondary N) is 1. The maximum Gasteiger partial charge on any atom is 0.283 e. The molecule has 1 heterocycles. The number of halogens is 1. The van der Waals surface area contributed by atoms with Crippen molar-refractivity contribution in [1.29, 1.82) is 0 Å². The van der Waals surface area contributed by atoms with E-state index in [0.717, 1.165) is 10.1 Å². The number of hydrogen-bond donors (Lipinski definition) is 2. The highest BCUT2D eigenvalue weighted by molar-refractivity contribution is 7.21. The molecule has 0 aliphatic carbocycles. The third-order valence-electron chi connectivity index (χ3n) is 3.40. The standard InChI is InChI=1S/C18H15ClN2O3S/c1-2-24-14-8-7-11(9-13(14)22)10-20-21-18(23)17-16(19)12-5-3-4-6-15(12)25-17/h3-10,22H,2H2,1H3,(H,21,23). The van der Waals surface area contributed by atoms with Crippen molar-refractivity contribution in [3.63, 3.8) is 0 Å². The molecule has 5 nitrogen and oxygen atoms in total. The summed E-state index contributed by atoms with van der Waals surface area (Å²) < 4.78 is 6.20. The number of phenolic OH excluding ortho intramolecular Hbond substituents is 1.